The molecule has 0 aliphatic carbocycles. The molecule has 0 spiro atoms. The predicted octanol–water partition coefficient (Wildman–Crippen LogP) is 3.54. The minimum atomic E-state index is 0. The monoisotopic (exact) mass is 628 g/mol. The molecule has 0 aliphatic heterocycles. The van der Waals surface area contributed by atoms with Crippen molar-refractivity contribution in [1.82, 2.24) is 0 Å². The number of nitrogens with one attached hydrogen (secondary N) is 4. The van der Waals surface area contributed by atoms with Crippen molar-refractivity contribution < 1.29 is 0 Å². The zero-order valence-electron chi connectivity index (χ0n) is 6.46. The molecule has 12 heavy (non-hydrogen) atoms. The van der Waals surface area contributed by atoms with Crippen LogP contribution in [0.4, 0.5) is 0 Å². The first-order valence-electron chi connectivity index (χ1n) is 1.41. The van der Waals surface area contributed by atoms with Crippen LogP contribution in [-0.4, -0.2) is 26.9 Å². The highest BCUT2D eigenvalue weighted by molar-refractivity contribution is 14.0. The van der Waals surface area contributed by atoms with E-state index in [1.807, 2.05) is 0 Å². The van der Waals surface area contributed by atoms with Crippen molar-refractivity contribution in [3.05, 3.63) is 0 Å². The molecule has 0 saturated carbocycles. The minimum absolute atomic E-state index is 0. The van der Waals surface area contributed by atoms with Gasteiger partial charge in [-0.2, -0.15) is 0 Å². The molecule has 0 rings (SSSR count). The van der Waals surface area contributed by atoms with Gasteiger partial charge in [-0.3, -0.25) is 0 Å². The van der Waals surface area contributed by atoms with E-state index in [1.165, 1.54) is 0 Å². The molecule has 0 heterocycles. The van der Waals surface area contributed by atoms with E-state index in [1.54, 1.807) is 0 Å². The molecular formula is C4H16I4N4. The Morgan fingerprint density at radius 1 is 0.333 bits per heavy atom. The lowest BCUT2D eigenvalue weighted by Crippen LogP contribution is -0.827. The Kier molecular flexibility index (Phi) is 3800. The second kappa shape index (κ2) is 662. The summed E-state index contributed by atoms with van der Waals surface area (Å²) in [5.74, 6) is 0. The van der Waals surface area contributed by atoms with E-state index >= 15 is 0 Å². The molecule has 0 aromatic heterocycles. The summed E-state index contributed by atoms with van der Waals surface area (Å²) in [6, 6.07) is 0. The van der Waals surface area contributed by atoms with Crippen LogP contribution in [0.3, 0.4) is 0 Å². The molecule has 0 fully saturated rings. The van der Waals surface area contributed by atoms with E-state index in [2.05, 4.69) is 26.9 Å². The van der Waals surface area contributed by atoms with Crippen LogP contribution in [0.1, 0.15) is 0 Å². The fourth-order valence-electron chi connectivity index (χ4n) is 0. The van der Waals surface area contributed by atoms with Crippen LogP contribution in [0.15, 0.2) is 0 Å². The lowest BCUT2D eigenvalue weighted by molar-refractivity contribution is 1.61. The Balaban J connectivity index is -0.00000000267. The molecule has 0 amide bonds. The maximum Gasteiger partial charge on any atom is -0.0187 e. The second-order valence-corrected chi connectivity index (χ2v) is 0. The SMILES string of the molecule is C=N.C=N.C=N.C=N.I.I.I.I. The third kappa shape index (κ3) is 509. The van der Waals surface area contributed by atoms with Crippen molar-refractivity contribution in [2.75, 3.05) is 0 Å². The van der Waals surface area contributed by atoms with Crippen LogP contribution in [0.5, 0.6) is 0 Å². The average molecular weight is 628 g/mol. The van der Waals surface area contributed by atoms with Gasteiger partial charge in [0.05, 0.1) is 0 Å². The van der Waals surface area contributed by atoms with Crippen molar-refractivity contribution in [3.8, 4) is 0 Å². The number of hydrogen-bond donors (Lipinski definition) is 4. The molecule has 4 N–H and O–H groups in total. The van der Waals surface area contributed by atoms with Crippen molar-refractivity contribution in [3.63, 3.8) is 0 Å². The van der Waals surface area contributed by atoms with Crippen LogP contribution in [-0.2, 0) is 0 Å². The fourth-order valence-corrected chi connectivity index (χ4v) is 0. The van der Waals surface area contributed by atoms with Crippen LogP contribution in [0.2, 0.25) is 0 Å². The van der Waals surface area contributed by atoms with Gasteiger partial charge in [-0.25, -0.2) is 0 Å². The van der Waals surface area contributed by atoms with Gasteiger partial charge in [0.2, 0.25) is 0 Å². The van der Waals surface area contributed by atoms with Gasteiger partial charge in [0, 0.05) is 0 Å². The van der Waals surface area contributed by atoms with Gasteiger partial charge >= 0.3 is 0 Å². The first-order valence-corrected chi connectivity index (χ1v) is 1.41. The maximum atomic E-state index is 5.50. The smallest absolute Gasteiger partial charge is 0.0187 e. The summed E-state index contributed by atoms with van der Waals surface area (Å²) in [4.78, 5) is 0. The summed E-state index contributed by atoms with van der Waals surface area (Å²) < 4.78 is 0. The Morgan fingerprint density at radius 3 is 0.333 bits per heavy atom. The molecule has 0 aromatic carbocycles. The highest BCUT2D eigenvalue weighted by Crippen LogP contribution is 0.889. The van der Waals surface area contributed by atoms with E-state index < -0.39 is 0 Å². The normalized spacial score (nSPS) is 1.33. The Bertz CT molecular complexity index is 27.0. The predicted molar refractivity (Wildman–Crippen MR) is 101 cm³/mol. The van der Waals surface area contributed by atoms with Crippen molar-refractivity contribution >= 4 is 123 Å². The van der Waals surface area contributed by atoms with Gasteiger partial charge in [-0.15, -0.1) is 95.9 Å². The molecule has 4 nitrogen and oxygen atoms in total. The van der Waals surface area contributed by atoms with E-state index in [0.717, 1.165) is 0 Å². The minimum Gasteiger partial charge on any atom is -0.317 e. The Hall–Kier alpha value is 1.60. The van der Waals surface area contributed by atoms with Crippen molar-refractivity contribution in [1.29, 1.82) is 21.6 Å². The van der Waals surface area contributed by atoms with Crippen molar-refractivity contribution in [2.24, 2.45) is 0 Å². The standard InChI is InChI=1S/4CH3N.4HI/c4*1-2;;;;/h4*2H,1H2;4*1H. The second-order valence-electron chi connectivity index (χ2n) is 0. The molecule has 8 heteroatoms. The van der Waals surface area contributed by atoms with Crippen LogP contribution < -0.4 is 0 Å². The van der Waals surface area contributed by atoms with Crippen molar-refractivity contribution in [2.45, 2.75) is 0 Å². The van der Waals surface area contributed by atoms with Gasteiger partial charge in [0.25, 0.3) is 0 Å². The van der Waals surface area contributed by atoms with E-state index in [0.29, 0.717) is 0 Å². The van der Waals surface area contributed by atoms with Crippen LogP contribution in [0, 0.1) is 21.6 Å². The van der Waals surface area contributed by atoms with Gasteiger partial charge in [0.1, 0.15) is 0 Å². The van der Waals surface area contributed by atoms with E-state index in [4.69, 9.17) is 21.6 Å². The molecule has 0 bridgehead atoms. The maximum absolute atomic E-state index is 5.50. The summed E-state index contributed by atoms with van der Waals surface area (Å²) >= 11 is 0. The van der Waals surface area contributed by atoms with Gasteiger partial charge < -0.3 is 21.6 Å². The van der Waals surface area contributed by atoms with Crippen LogP contribution in [0.25, 0.3) is 0 Å². The first-order chi connectivity index (χ1) is 4.00. The van der Waals surface area contributed by atoms with Gasteiger partial charge in [-0.05, 0) is 26.9 Å². The molecular weight excluding hydrogens is 612 g/mol. The Labute approximate surface area is 142 Å². The number of rotatable bonds is 0. The highest BCUT2D eigenvalue weighted by atomic mass is 127. The third-order valence-electron chi connectivity index (χ3n) is 0. The summed E-state index contributed by atoms with van der Waals surface area (Å²) in [6.07, 6.45) is 0. The molecule has 0 saturated heterocycles. The van der Waals surface area contributed by atoms with E-state index in [9.17, 15) is 0 Å². The average Bonchev–Trinajstić information content (AvgIpc) is 2.03. The molecule has 0 atom stereocenters. The molecule has 0 radical (unpaired) electrons. The largest absolute Gasteiger partial charge is 0.317 e. The van der Waals surface area contributed by atoms with E-state index in [-0.39, 0.29) is 95.9 Å². The lowest BCUT2D eigenvalue weighted by Gasteiger charge is -0.890. The van der Waals surface area contributed by atoms with Gasteiger partial charge in [0.15, 0.2) is 0 Å². The molecule has 0 unspecified atom stereocenters. The summed E-state index contributed by atoms with van der Waals surface area (Å²) in [5.41, 5.74) is 0. The molecule has 0 aromatic rings. The Morgan fingerprint density at radius 2 is 0.333 bits per heavy atom. The lowest BCUT2D eigenvalue weighted by atomic mass is 11.8. The third-order valence-corrected chi connectivity index (χ3v) is 0. The number of halogens is 4. The topological polar surface area (TPSA) is 95.4 Å². The first kappa shape index (κ1) is 68.9. The quantitative estimate of drug-likeness (QED) is 0.234. The summed E-state index contributed by atoms with van der Waals surface area (Å²) in [6.45, 7) is 10.0. The van der Waals surface area contributed by atoms with Crippen LogP contribution >= 0.6 is 95.9 Å². The zero-order valence-corrected chi connectivity index (χ0v) is 15.8. The summed E-state index contributed by atoms with van der Waals surface area (Å²) in [5, 5.41) is 22.0. The highest BCUT2D eigenvalue weighted by Gasteiger charge is 0.561. The van der Waals surface area contributed by atoms with Gasteiger partial charge in [-0.1, -0.05) is 0 Å². The molecule has 0 aliphatic rings. The zero-order chi connectivity index (χ0) is 8.00. The molecule has 80 valence electrons. The summed E-state index contributed by atoms with van der Waals surface area (Å²) in [7, 11) is 0. The number of hydrogen-bond acceptors (Lipinski definition) is 4. The fraction of sp³-hybridized carbons (Fsp3) is 0.